The van der Waals surface area contributed by atoms with Gasteiger partial charge >= 0.3 is 5.97 Å². The van der Waals surface area contributed by atoms with E-state index in [1.165, 1.54) is 0 Å². The minimum atomic E-state index is -0.916. The molecule has 1 aliphatic carbocycles. The predicted molar refractivity (Wildman–Crippen MR) is 98.9 cm³/mol. The maximum absolute atomic E-state index is 13.1. The predicted octanol–water partition coefficient (Wildman–Crippen LogP) is 3.93. The molecule has 1 saturated carbocycles. The van der Waals surface area contributed by atoms with Gasteiger partial charge in [-0.05, 0) is 29.9 Å². The van der Waals surface area contributed by atoms with Crippen LogP contribution in [0, 0.1) is 0 Å². The van der Waals surface area contributed by atoms with Gasteiger partial charge in [0.1, 0.15) is 0 Å². The maximum Gasteiger partial charge on any atom is 0.312 e. The normalized spacial score (nSPS) is 17.6. The largest absolute Gasteiger partial charge is 0.481 e. The van der Waals surface area contributed by atoms with Crippen LogP contribution in [0.15, 0.2) is 47.8 Å². The van der Waals surface area contributed by atoms with Crippen LogP contribution in [0.3, 0.4) is 0 Å². The highest BCUT2D eigenvalue weighted by Crippen LogP contribution is 2.41. The fourth-order valence-electron chi connectivity index (χ4n) is 3.69. The lowest BCUT2D eigenvalue weighted by molar-refractivity contribution is -0.138. The monoisotopic (exact) mass is 357 g/mol. The molecule has 1 aromatic carbocycles. The Labute approximate surface area is 151 Å². The van der Waals surface area contributed by atoms with E-state index in [0.717, 1.165) is 37.0 Å². The lowest BCUT2D eigenvalue weighted by Gasteiger charge is -2.35. The number of benzene rings is 1. The van der Waals surface area contributed by atoms with E-state index in [-0.39, 0.29) is 12.5 Å². The number of thiophene rings is 1. The van der Waals surface area contributed by atoms with Crippen LogP contribution < -0.4 is 5.32 Å². The van der Waals surface area contributed by atoms with E-state index < -0.39 is 17.3 Å². The fraction of sp³-hybridized carbons (Fsp3) is 0.400. The Morgan fingerprint density at radius 1 is 1.08 bits per heavy atom. The number of hydrogen-bond donors (Lipinski definition) is 2. The van der Waals surface area contributed by atoms with Crippen molar-refractivity contribution in [1.29, 1.82) is 0 Å². The number of carbonyl (C=O) groups excluding carboxylic acids is 1. The molecule has 1 fully saturated rings. The maximum atomic E-state index is 13.1. The first-order valence-corrected chi connectivity index (χ1v) is 9.61. The molecule has 1 unspecified atom stereocenters. The van der Waals surface area contributed by atoms with E-state index in [9.17, 15) is 14.7 Å². The third-order valence-electron chi connectivity index (χ3n) is 5.10. The van der Waals surface area contributed by atoms with Crippen molar-refractivity contribution < 1.29 is 14.7 Å². The van der Waals surface area contributed by atoms with Crippen LogP contribution in [-0.2, 0) is 15.0 Å². The highest BCUT2D eigenvalue weighted by molar-refractivity contribution is 7.10. The zero-order valence-electron chi connectivity index (χ0n) is 14.1. The standard InChI is InChI=1S/C20H23NO3S/c22-18(23)16(15-8-3-1-4-9-15)14-21-19(24)20(11-5-2-6-12-20)17-10-7-13-25-17/h1,3-4,7-10,13,16H,2,5-6,11-12,14H2,(H,21,24)(H,22,23). The summed E-state index contributed by atoms with van der Waals surface area (Å²) in [7, 11) is 0. The van der Waals surface area contributed by atoms with Gasteiger partial charge in [0, 0.05) is 11.4 Å². The summed E-state index contributed by atoms with van der Waals surface area (Å²) in [5, 5.41) is 14.5. The third kappa shape index (κ3) is 3.76. The second-order valence-electron chi connectivity index (χ2n) is 6.63. The second-order valence-corrected chi connectivity index (χ2v) is 7.58. The summed E-state index contributed by atoms with van der Waals surface area (Å²) in [6.07, 6.45) is 4.89. The first kappa shape index (κ1) is 17.7. The molecule has 2 aromatic rings. The van der Waals surface area contributed by atoms with Gasteiger partial charge in [-0.1, -0.05) is 55.7 Å². The summed E-state index contributed by atoms with van der Waals surface area (Å²) in [5.41, 5.74) is 0.218. The smallest absolute Gasteiger partial charge is 0.312 e. The Morgan fingerprint density at radius 3 is 2.40 bits per heavy atom. The van der Waals surface area contributed by atoms with Crippen LogP contribution in [0.4, 0.5) is 0 Å². The first-order valence-electron chi connectivity index (χ1n) is 8.73. The number of carboxylic acids is 1. The van der Waals surface area contributed by atoms with Crippen molar-refractivity contribution in [3.8, 4) is 0 Å². The fourth-order valence-corrected chi connectivity index (χ4v) is 4.67. The number of nitrogens with one attached hydrogen (secondary N) is 1. The van der Waals surface area contributed by atoms with Crippen molar-refractivity contribution in [3.63, 3.8) is 0 Å². The lowest BCUT2D eigenvalue weighted by Crippen LogP contribution is -2.47. The van der Waals surface area contributed by atoms with E-state index >= 15 is 0 Å². The van der Waals surface area contributed by atoms with Gasteiger partial charge < -0.3 is 10.4 Å². The molecule has 0 spiro atoms. The van der Waals surface area contributed by atoms with Crippen molar-refractivity contribution in [2.45, 2.75) is 43.4 Å². The summed E-state index contributed by atoms with van der Waals surface area (Å²) in [5.74, 6) is -1.67. The van der Waals surface area contributed by atoms with Gasteiger partial charge in [-0.3, -0.25) is 9.59 Å². The van der Waals surface area contributed by atoms with Crippen molar-refractivity contribution >= 4 is 23.2 Å². The summed E-state index contributed by atoms with van der Waals surface area (Å²) >= 11 is 1.62. The summed E-state index contributed by atoms with van der Waals surface area (Å²) in [6.45, 7) is 0.116. The van der Waals surface area contributed by atoms with Crippen molar-refractivity contribution in [3.05, 3.63) is 58.3 Å². The summed E-state index contributed by atoms with van der Waals surface area (Å²) in [4.78, 5) is 25.8. The lowest BCUT2D eigenvalue weighted by atomic mass is 9.72. The van der Waals surface area contributed by atoms with Crippen LogP contribution in [0.2, 0.25) is 0 Å². The van der Waals surface area contributed by atoms with Crippen LogP contribution in [0.1, 0.15) is 48.5 Å². The van der Waals surface area contributed by atoms with Crippen LogP contribution in [-0.4, -0.2) is 23.5 Å². The van der Waals surface area contributed by atoms with Gasteiger partial charge in [-0.15, -0.1) is 11.3 Å². The molecule has 25 heavy (non-hydrogen) atoms. The molecular weight excluding hydrogens is 334 g/mol. The molecule has 1 aromatic heterocycles. The molecule has 132 valence electrons. The Kier molecular flexibility index (Phi) is 5.53. The van der Waals surface area contributed by atoms with Gasteiger partial charge in [0.2, 0.25) is 5.91 Å². The average molecular weight is 357 g/mol. The third-order valence-corrected chi connectivity index (χ3v) is 6.18. The van der Waals surface area contributed by atoms with E-state index in [1.807, 2.05) is 35.7 Å². The van der Waals surface area contributed by atoms with Gasteiger partial charge in [0.25, 0.3) is 0 Å². The molecule has 5 heteroatoms. The number of carbonyl (C=O) groups is 2. The zero-order chi connectivity index (χ0) is 17.7. The molecule has 0 saturated heterocycles. The van der Waals surface area contributed by atoms with Gasteiger partial charge in [-0.2, -0.15) is 0 Å². The molecule has 0 radical (unpaired) electrons. The SMILES string of the molecule is O=C(O)C(CNC(=O)C1(c2cccs2)CCCCC1)c1ccccc1. The summed E-state index contributed by atoms with van der Waals surface area (Å²) in [6, 6.07) is 13.1. The minimum Gasteiger partial charge on any atom is -0.481 e. The number of aliphatic carboxylic acids is 1. The molecule has 1 atom stereocenters. The Balaban J connectivity index is 1.76. The van der Waals surface area contributed by atoms with E-state index in [1.54, 1.807) is 23.5 Å². The van der Waals surface area contributed by atoms with E-state index in [0.29, 0.717) is 5.56 Å². The Bertz CT molecular complexity index is 706. The number of carboxylic acid groups (broad SMARTS) is 1. The highest BCUT2D eigenvalue weighted by atomic mass is 32.1. The number of hydrogen-bond acceptors (Lipinski definition) is 3. The van der Waals surface area contributed by atoms with Crippen molar-refractivity contribution in [2.24, 2.45) is 0 Å². The molecule has 1 heterocycles. The number of amides is 1. The first-order chi connectivity index (χ1) is 12.1. The van der Waals surface area contributed by atoms with E-state index in [2.05, 4.69) is 5.32 Å². The van der Waals surface area contributed by atoms with E-state index in [4.69, 9.17) is 0 Å². The molecule has 1 aliphatic rings. The Hall–Kier alpha value is -2.14. The number of rotatable bonds is 6. The minimum absolute atomic E-state index is 0.0307. The topological polar surface area (TPSA) is 66.4 Å². The second kappa shape index (κ2) is 7.83. The van der Waals surface area contributed by atoms with Crippen LogP contribution in [0.25, 0.3) is 0 Å². The molecule has 0 aliphatic heterocycles. The van der Waals surface area contributed by atoms with Gasteiger partial charge in [0.15, 0.2) is 0 Å². The van der Waals surface area contributed by atoms with Crippen molar-refractivity contribution in [1.82, 2.24) is 5.32 Å². The highest BCUT2D eigenvalue weighted by Gasteiger charge is 2.42. The molecular formula is C20H23NO3S. The quantitative estimate of drug-likeness (QED) is 0.823. The molecule has 1 amide bonds. The molecule has 4 nitrogen and oxygen atoms in total. The molecule has 2 N–H and O–H groups in total. The zero-order valence-corrected chi connectivity index (χ0v) is 14.9. The van der Waals surface area contributed by atoms with Crippen LogP contribution >= 0.6 is 11.3 Å². The molecule has 3 rings (SSSR count). The Morgan fingerprint density at radius 2 is 1.80 bits per heavy atom. The van der Waals surface area contributed by atoms with Gasteiger partial charge in [-0.25, -0.2) is 0 Å². The molecule has 0 bridgehead atoms. The average Bonchev–Trinajstić information content (AvgIpc) is 3.18. The van der Waals surface area contributed by atoms with Crippen LogP contribution in [0.5, 0.6) is 0 Å². The van der Waals surface area contributed by atoms with Gasteiger partial charge in [0.05, 0.1) is 11.3 Å². The van der Waals surface area contributed by atoms with Crippen molar-refractivity contribution in [2.75, 3.05) is 6.54 Å². The summed E-state index contributed by atoms with van der Waals surface area (Å²) < 4.78 is 0.